The van der Waals surface area contributed by atoms with Crippen molar-refractivity contribution in [3.63, 3.8) is 0 Å². The molecule has 0 bridgehead atoms. The smallest absolute Gasteiger partial charge is 0.410 e. The van der Waals surface area contributed by atoms with Crippen LogP contribution in [0.3, 0.4) is 0 Å². The van der Waals surface area contributed by atoms with E-state index in [1.54, 1.807) is 4.90 Å². The highest BCUT2D eigenvalue weighted by atomic mass is 16.6. The van der Waals surface area contributed by atoms with Crippen molar-refractivity contribution < 1.29 is 28.6 Å². The van der Waals surface area contributed by atoms with E-state index in [1.807, 2.05) is 30.3 Å². The van der Waals surface area contributed by atoms with Crippen molar-refractivity contribution in [3.05, 3.63) is 48.0 Å². The molecule has 0 aromatic heterocycles. The van der Waals surface area contributed by atoms with Crippen LogP contribution in [-0.4, -0.2) is 49.2 Å². The molecule has 1 spiro atoms. The molecule has 28 heavy (non-hydrogen) atoms. The first-order chi connectivity index (χ1) is 13.4. The molecule has 1 saturated carbocycles. The van der Waals surface area contributed by atoms with E-state index in [0.29, 0.717) is 18.5 Å². The van der Waals surface area contributed by atoms with Crippen molar-refractivity contribution in [1.29, 1.82) is 0 Å². The van der Waals surface area contributed by atoms with Gasteiger partial charge in [0.15, 0.2) is 5.41 Å². The van der Waals surface area contributed by atoms with E-state index in [9.17, 15) is 14.4 Å². The van der Waals surface area contributed by atoms with Gasteiger partial charge in [-0.3, -0.25) is 14.5 Å². The van der Waals surface area contributed by atoms with Gasteiger partial charge in [0.1, 0.15) is 6.61 Å². The van der Waals surface area contributed by atoms with Crippen LogP contribution in [0.15, 0.2) is 42.5 Å². The summed E-state index contributed by atoms with van der Waals surface area (Å²) in [6.45, 7) is 4.73. The third-order valence-electron chi connectivity index (χ3n) is 5.83. The number of carbonyl (C=O) groups excluding carboxylic acids is 3. The van der Waals surface area contributed by atoms with Crippen LogP contribution >= 0.6 is 0 Å². The van der Waals surface area contributed by atoms with Gasteiger partial charge in [-0.05, 0) is 30.4 Å². The Bertz CT molecular complexity index is 773. The SMILES string of the molecule is C=C1CC(C(=O)OC)(C(=O)OC)CC12CCCN2C(=O)OCc1ccccc1. The molecule has 1 heterocycles. The minimum absolute atomic E-state index is 0.0921. The zero-order valence-electron chi connectivity index (χ0n) is 16.2. The molecule has 1 aromatic carbocycles. The molecule has 1 aromatic rings. The van der Waals surface area contributed by atoms with Crippen molar-refractivity contribution in [1.82, 2.24) is 4.90 Å². The molecule has 7 nitrogen and oxygen atoms in total. The second-order valence-electron chi connectivity index (χ2n) is 7.35. The summed E-state index contributed by atoms with van der Waals surface area (Å²) in [5.74, 6) is -1.33. The maximum Gasteiger partial charge on any atom is 0.410 e. The lowest BCUT2D eigenvalue weighted by Crippen LogP contribution is -2.49. The fourth-order valence-corrected chi connectivity index (χ4v) is 4.47. The number of methoxy groups -OCH3 is 2. The maximum atomic E-state index is 12.8. The summed E-state index contributed by atoms with van der Waals surface area (Å²) >= 11 is 0. The number of ether oxygens (including phenoxy) is 3. The van der Waals surface area contributed by atoms with E-state index in [2.05, 4.69) is 6.58 Å². The van der Waals surface area contributed by atoms with Crippen LogP contribution in [0, 0.1) is 5.41 Å². The fraction of sp³-hybridized carbons (Fsp3) is 0.476. The first-order valence-corrected chi connectivity index (χ1v) is 9.23. The standard InChI is InChI=1S/C21H25NO6/c1-15-12-20(17(23)26-2,18(24)27-3)14-21(15)10-7-11-22(21)19(25)28-13-16-8-5-4-6-9-16/h4-6,8-9H,1,7,10-14H2,2-3H3. The van der Waals surface area contributed by atoms with Gasteiger partial charge in [0.2, 0.25) is 0 Å². The molecule has 7 heteroatoms. The van der Waals surface area contributed by atoms with Gasteiger partial charge in [0.05, 0.1) is 19.8 Å². The number of esters is 2. The summed E-state index contributed by atoms with van der Waals surface area (Å²) in [6.07, 6.45) is 1.06. The minimum atomic E-state index is -1.48. The predicted molar refractivity (Wildman–Crippen MR) is 100 cm³/mol. The van der Waals surface area contributed by atoms with E-state index in [4.69, 9.17) is 14.2 Å². The minimum Gasteiger partial charge on any atom is -0.468 e. The summed E-state index contributed by atoms with van der Waals surface area (Å²) in [5.41, 5.74) is -0.760. The van der Waals surface area contributed by atoms with E-state index in [-0.39, 0.29) is 19.4 Å². The Morgan fingerprint density at radius 2 is 1.75 bits per heavy atom. The van der Waals surface area contributed by atoms with Gasteiger partial charge in [0.25, 0.3) is 0 Å². The Balaban J connectivity index is 1.83. The third kappa shape index (κ3) is 3.15. The lowest BCUT2D eigenvalue weighted by molar-refractivity contribution is -0.169. The maximum absolute atomic E-state index is 12.8. The Morgan fingerprint density at radius 1 is 1.11 bits per heavy atom. The Labute approximate surface area is 164 Å². The van der Waals surface area contributed by atoms with Crippen LogP contribution in [0.5, 0.6) is 0 Å². The van der Waals surface area contributed by atoms with Gasteiger partial charge in [-0.25, -0.2) is 4.79 Å². The largest absolute Gasteiger partial charge is 0.468 e. The average Bonchev–Trinajstić information content (AvgIpc) is 3.28. The van der Waals surface area contributed by atoms with Crippen LogP contribution in [0.1, 0.15) is 31.2 Å². The first-order valence-electron chi connectivity index (χ1n) is 9.23. The molecule has 1 atom stereocenters. The molecular weight excluding hydrogens is 362 g/mol. The quantitative estimate of drug-likeness (QED) is 0.342. The van der Waals surface area contributed by atoms with Crippen molar-refractivity contribution in [3.8, 4) is 0 Å². The topological polar surface area (TPSA) is 82.1 Å². The molecule has 1 amide bonds. The second kappa shape index (κ2) is 7.66. The Kier molecular flexibility index (Phi) is 5.45. The highest BCUT2D eigenvalue weighted by molar-refractivity contribution is 6.01. The Hall–Kier alpha value is -2.83. The van der Waals surface area contributed by atoms with Gasteiger partial charge in [-0.15, -0.1) is 0 Å². The number of likely N-dealkylation sites (tertiary alicyclic amines) is 1. The van der Waals surface area contributed by atoms with Crippen LogP contribution < -0.4 is 0 Å². The predicted octanol–water partition coefficient (Wildman–Crippen LogP) is 2.84. The molecule has 2 aliphatic rings. The number of hydrogen-bond donors (Lipinski definition) is 0. The third-order valence-corrected chi connectivity index (χ3v) is 5.83. The van der Waals surface area contributed by atoms with E-state index in [1.165, 1.54) is 14.2 Å². The molecule has 0 N–H and O–H groups in total. The zero-order chi connectivity index (χ0) is 20.4. The van der Waals surface area contributed by atoms with Crippen molar-refractivity contribution in [2.75, 3.05) is 20.8 Å². The average molecular weight is 387 g/mol. The molecule has 1 saturated heterocycles. The molecule has 1 aliphatic heterocycles. The highest BCUT2D eigenvalue weighted by Gasteiger charge is 2.64. The van der Waals surface area contributed by atoms with Gasteiger partial charge < -0.3 is 14.2 Å². The van der Waals surface area contributed by atoms with Crippen LogP contribution in [0.2, 0.25) is 0 Å². The number of carbonyl (C=O) groups is 3. The van der Waals surface area contributed by atoms with Crippen LogP contribution in [0.4, 0.5) is 4.79 Å². The molecule has 0 radical (unpaired) electrons. The van der Waals surface area contributed by atoms with Crippen LogP contribution in [0.25, 0.3) is 0 Å². The summed E-state index contributed by atoms with van der Waals surface area (Å²) in [5, 5.41) is 0. The number of rotatable bonds is 4. The number of nitrogens with zero attached hydrogens (tertiary/aromatic N) is 1. The van der Waals surface area contributed by atoms with Crippen molar-refractivity contribution >= 4 is 18.0 Å². The molecular formula is C21H25NO6. The van der Waals surface area contributed by atoms with Crippen molar-refractivity contribution in [2.24, 2.45) is 5.41 Å². The van der Waals surface area contributed by atoms with Gasteiger partial charge in [-0.1, -0.05) is 36.9 Å². The van der Waals surface area contributed by atoms with E-state index < -0.39 is 29.0 Å². The Morgan fingerprint density at radius 3 is 2.36 bits per heavy atom. The van der Waals surface area contributed by atoms with E-state index in [0.717, 1.165) is 12.0 Å². The first kappa shape index (κ1) is 19.9. The summed E-state index contributed by atoms with van der Waals surface area (Å²) in [4.78, 5) is 39.5. The summed E-state index contributed by atoms with van der Waals surface area (Å²) in [6, 6.07) is 9.39. The lowest BCUT2D eigenvalue weighted by atomic mass is 9.82. The molecule has 3 rings (SSSR count). The highest BCUT2D eigenvalue weighted by Crippen LogP contribution is 2.55. The molecule has 1 aliphatic carbocycles. The number of benzene rings is 1. The lowest BCUT2D eigenvalue weighted by Gasteiger charge is -2.36. The van der Waals surface area contributed by atoms with Gasteiger partial charge in [0, 0.05) is 13.0 Å². The monoisotopic (exact) mass is 387 g/mol. The molecule has 2 fully saturated rings. The fourth-order valence-electron chi connectivity index (χ4n) is 4.47. The number of hydrogen-bond acceptors (Lipinski definition) is 6. The normalized spacial score (nSPS) is 22.9. The molecule has 150 valence electrons. The summed E-state index contributed by atoms with van der Waals surface area (Å²) < 4.78 is 15.3. The second-order valence-corrected chi connectivity index (χ2v) is 7.35. The van der Waals surface area contributed by atoms with Gasteiger partial charge >= 0.3 is 18.0 Å². The van der Waals surface area contributed by atoms with Crippen molar-refractivity contribution in [2.45, 2.75) is 37.8 Å². The zero-order valence-corrected chi connectivity index (χ0v) is 16.2. The van der Waals surface area contributed by atoms with Gasteiger partial charge in [-0.2, -0.15) is 0 Å². The number of amides is 1. The molecule has 1 unspecified atom stereocenters. The summed E-state index contributed by atoms with van der Waals surface area (Å²) in [7, 11) is 2.47. The van der Waals surface area contributed by atoms with E-state index >= 15 is 0 Å². The van der Waals surface area contributed by atoms with Crippen LogP contribution in [-0.2, 0) is 30.4 Å².